The minimum atomic E-state index is 0.146. The number of aliphatic hydroxyl groups excluding tert-OH is 1. The van der Waals surface area contributed by atoms with E-state index in [1.165, 1.54) is 15.2 Å². The van der Waals surface area contributed by atoms with Crippen molar-refractivity contribution < 1.29 is 5.11 Å². The first-order valence-electron chi connectivity index (χ1n) is 9.55. The molecular weight excluding hydrogens is 372 g/mol. The maximum atomic E-state index is 8.96. The van der Waals surface area contributed by atoms with Crippen molar-refractivity contribution in [3.63, 3.8) is 0 Å². The fourth-order valence-electron chi connectivity index (χ4n) is 3.41. The van der Waals surface area contributed by atoms with E-state index in [9.17, 15) is 0 Å². The fraction of sp³-hybridized carbons (Fsp3) is 0.400. The number of likely N-dealkylation sites (N-methyl/N-ethyl adjacent to an activating group) is 1. The lowest BCUT2D eigenvalue weighted by atomic mass is 10.1. The van der Waals surface area contributed by atoms with Gasteiger partial charge in [0.2, 0.25) is 0 Å². The van der Waals surface area contributed by atoms with Gasteiger partial charge in [-0.3, -0.25) is 9.67 Å². The molecule has 3 aromatic rings. The van der Waals surface area contributed by atoms with Crippen molar-refractivity contribution >= 4 is 28.4 Å². The number of aromatic nitrogens is 3. The highest BCUT2D eigenvalue weighted by molar-refractivity contribution is 8.00. The molecule has 1 aliphatic heterocycles. The predicted octanol–water partition coefficient (Wildman–Crippen LogP) is 2.12. The Morgan fingerprint density at radius 1 is 1.18 bits per heavy atom. The number of nitrogens with zero attached hydrogens (tertiary/aromatic N) is 4. The summed E-state index contributed by atoms with van der Waals surface area (Å²) in [6.45, 7) is 4.13. The van der Waals surface area contributed by atoms with Gasteiger partial charge in [-0.15, -0.1) is 0 Å². The van der Waals surface area contributed by atoms with Crippen molar-refractivity contribution in [1.29, 1.82) is 0 Å². The Morgan fingerprint density at radius 2 is 2.07 bits per heavy atom. The third-order valence-corrected chi connectivity index (χ3v) is 5.99. The average Bonchev–Trinajstić information content (AvgIpc) is 3.06. The summed E-state index contributed by atoms with van der Waals surface area (Å²) in [6, 6.07) is 6.38. The summed E-state index contributed by atoms with van der Waals surface area (Å²) in [4.78, 5) is 8.92. The lowest BCUT2D eigenvalue weighted by molar-refractivity contribution is 0.291. The van der Waals surface area contributed by atoms with Gasteiger partial charge in [-0.1, -0.05) is 11.8 Å². The second kappa shape index (κ2) is 8.48. The maximum Gasteiger partial charge on any atom is 0.104 e. The lowest BCUT2D eigenvalue weighted by Gasteiger charge is -2.19. The van der Waals surface area contributed by atoms with Crippen LogP contribution in [0, 0.1) is 0 Å². The minimum Gasteiger partial charge on any atom is -0.395 e. The maximum absolute atomic E-state index is 8.96. The summed E-state index contributed by atoms with van der Waals surface area (Å²) in [5.74, 6) is 0. The molecule has 0 unspecified atom stereocenters. The molecule has 8 heteroatoms. The molecule has 0 saturated heterocycles. The molecule has 3 heterocycles. The van der Waals surface area contributed by atoms with Crippen LogP contribution in [-0.4, -0.2) is 71.7 Å². The van der Waals surface area contributed by atoms with Gasteiger partial charge in [0.15, 0.2) is 0 Å². The molecule has 0 aliphatic carbocycles. The quantitative estimate of drug-likeness (QED) is 0.373. The zero-order chi connectivity index (χ0) is 19.5. The number of fused-ring (bicyclic) bond motifs is 2. The Hall–Kier alpha value is -2.13. The predicted molar refractivity (Wildman–Crippen MR) is 114 cm³/mol. The third-order valence-electron chi connectivity index (χ3n) is 4.78. The minimum absolute atomic E-state index is 0.146. The van der Waals surface area contributed by atoms with Crippen molar-refractivity contribution in [1.82, 2.24) is 25.0 Å². The number of pyridine rings is 1. The summed E-state index contributed by atoms with van der Waals surface area (Å²) >= 11 is 1.79. The molecule has 7 nitrogen and oxygen atoms in total. The zero-order valence-electron chi connectivity index (χ0n) is 16.3. The Labute approximate surface area is 169 Å². The lowest BCUT2D eigenvalue weighted by Crippen LogP contribution is -2.23. The number of hydrogen-bond donors (Lipinski definition) is 3. The van der Waals surface area contributed by atoms with Crippen LogP contribution in [0.2, 0.25) is 0 Å². The first kappa shape index (κ1) is 19.2. The van der Waals surface area contributed by atoms with E-state index in [2.05, 4.69) is 57.5 Å². The van der Waals surface area contributed by atoms with Crippen molar-refractivity contribution in [2.75, 3.05) is 52.2 Å². The highest BCUT2D eigenvalue weighted by atomic mass is 32.2. The van der Waals surface area contributed by atoms with E-state index in [0.717, 1.165) is 48.6 Å². The molecule has 0 bridgehead atoms. The first-order valence-corrected chi connectivity index (χ1v) is 10.4. The van der Waals surface area contributed by atoms with Crippen molar-refractivity contribution in [3.8, 4) is 11.3 Å². The van der Waals surface area contributed by atoms with Gasteiger partial charge in [-0.25, -0.2) is 0 Å². The summed E-state index contributed by atoms with van der Waals surface area (Å²) in [5, 5.41) is 21.9. The molecule has 148 valence electrons. The van der Waals surface area contributed by atoms with E-state index in [-0.39, 0.29) is 6.61 Å². The van der Waals surface area contributed by atoms with Crippen LogP contribution in [0.1, 0.15) is 0 Å². The van der Waals surface area contributed by atoms with E-state index >= 15 is 0 Å². The highest BCUT2D eigenvalue weighted by Crippen LogP contribution is 2.49. The Morgan fingerprint density at radius 3 is 2.89 bits per heavy atom. The monoisotopic (exact) mass is 398 g/mol. The van der Waals surface area contributed by atoms with E-state index in [0.29, 0.717) is 6.54 Å². The van der Waals surface area contributed by atoms with Gasteiger partial charge in [0.05, 0.1) is 18.7 Å². The van der Waals surface area contributed by atoms with Crippen LogP contribution >= 0.6 is 11.8 Å². The molecule has 0 amide bonds. The van der Waals surface area contributed by atoms with Gasteiger partial charge >= 0.3 is 0 Å². The molecule has 3 N–H and O–H groups in total. The molecule has 1 aliphatic rings. The van der Waals surface area contributed by atoms with Crippen LogP contribution in [0.3, 0.4) is 0 Å². The van der Waals surface area contributed by atoms with Gasteiger partial charge in [0.1, 0.15) is 5.69 Å². The van der Waals surface area contributed by atoms with Crippen molar-refractivity contribution in [2.45, 2.75) is 16.3 Å². The van der Waals surface area contributed by atoms with Gasteiger partial charge in [-0.05, 0) is 32.3 Å². The number of rotatable bonds is 9. The molecule has 0 atom stereocenters. The van der Waals surface area contributed by atoms with Crippen LogP contribution in [0.25, 0.3) is 22.2 Å². The molecule has 4 rings (SSSR count). The number of aliphatic hydroxyl groups is 1. The zero-order valence-corrected chi connectivity index (χ0v) is 17.1. The van der Waals surface area contributed by atoms with E-state index in [1.807, 2.05) is 12.4 Å². The van der Waals surface area contributed by atoms with E-state index < -0.39 is 0 Å². The van der Waals surface area contributed by atoms with Crippen LogP contribution in [-0.2, 0) is 6.54 Å². The van der Waals surface area contributed by atoms with E-state index in [4.69, 9.17) is 10.2 Å². The number of anilines is 1. The van der Waals surface area contributed by atoms with Gasteiger partial charge < -0.3 is 20.6 Å². The SMILES string of the molecule is CN(C)CCNc1ccc2c3c(nn2CCNCCO)-c2cnccc2Sc13. The summed E-state index contributed by atoms with van der Waals surface area (Å²) in [7, 11) is 4.17. The van der Waals surface area contributed by atoms with Crippen LogP contribution in [0.5, 0.6) is 0 Å². The topological polar surface area (TPSA) is 78.2 Å². The van der Waals surface area contributed by atoms with Crippen molar-refractivity contribution in [2.24, 2.45) is 0 Å². The van der Waals surface area contributed by atoms with Crippen LogP contribution < -0.4 is 10.6 Å². The summed E-state index contributed by atoms with van der Waals surface area (Å²) in [5.41, 5.74) is 4.39. The Balaban J connectivity index is 1.73. The second-order valence-electron chi connectivity index (χ2n) is 7.09. The van der Waals surface area contributed by atoms with Gasteiger partial charge in [-0.2, -0.15) is 5.10 Å². The molecule has 2 aromatic heterocycles. The fourth-order valence-corrected chi connectivity index (χ4v) is 4.57. The third kappa shape index (κ3) is 3.73. The van der Waals surface area contributed by atoms with E-state index in [1.54, 1.807) is 11.8 Å². The first-order chi connectivity index (χ1) is 13.7. The number of hydrogen-bond acceptors (Lipinski definition) is 7. The smallest absolute Gasteiger partial charge is 0.104 e. The Bertz CT molecular complexity index is 971. The second-order valence-corrected chi connectivity index (χ2v) is 8.14. The molecule has 0 fully saturated rings. The van der Waals surface area contributed by atoms with Crippen LogP contribution in [0.4, 0.5) is 5.69 Å². The number of benzene rings is 1. The van der Waals surface area contributed by atoms with Gasteiger partial charge in [0, 0.05) is 65.0 Å². The Kier molecular flexibility index (Phi) is 5.82. The summed E-state index contributed by atoms with van der Waals surface area (Å²) < 4.78 is 2.06. The normalized spacial score (nSPS) is 12.6. The van der Waals surface area contributed by atoms with Crippen LogP contribution in [0.15, 0.2) is 40.4 Å². The molecule has 28 heavy (non-hydrogen) atoms. The molecule has 0 saturated carbocycles. The largest absolute Gasteiger partial charge is 0.395 e. The standard InChI is InChI=1S/C20H26N6OS/c1-25(2)10-8-23-15-3-4-16-18-19(24-26(16)11-7-21-9-12-27)14-13-22-6-5-17(14)28-20(15)18/h3-6,13,21,23,27H,7-12H2,1-2H3. The number of nitrogens with one attached hydrogen (secondary N) is 2. The molecular formula is C20H26N6OS. The molecule has 0 spiro atoms. The average molecular weight is 399 g/mol. The molecule has 0 radical (unpaired) electrons. The summed E-state index contributed by atoms with van der Waals surface area (Å²) in [6.07, 6.45) is 3.75. The van der Waals surface area contributed by atoms with Crippen molar-refractivity contribution in [3.05, 3.63) is 30.6 Å². The van der Waals surface area contributed by atoms with Gasteiger partial charge in [0.25, 0.3) is 0 Å². The highest BCUT2D eigenvalue weighted by Gasteiger charge is 2.26. The molecule has 1 aromatic carbocycles.